The van der Waals surface area contributed by atoms with Gasteiger partial charge in [0.1, 0.15) is 0 Å². The standard InChI is InChI=1S/C11H16N4OS/c16-11(9-7-17-14-13-9)15-6-2-4-10(15)8-3-1-5-12-8/h7-8,10,12H,1-6H2. The average molecular weight is 252 g/mol. The third-order valence-electron chi connectivity index (χ3n) is 3.70. The second kappa shape index (κ2) is 4.70. The number of nitrogens with zero attached hydrogens (tertiary/aromatic N) is 3. The molecule has 0 spiro atoms. The Hall–Kier alpha value is -1.01. The highest BCUT2D eigenvalue weighted by Gasteiger charge is 2.36. The molecule has 2 fully saturated rings. The van der Waals surface area contributed by atoms with Gasteiger partial charge in [0.05, 0.1) is 0 Å². The van der Waals surface area contributed by atoms with Gasteiger partial charge in [0.15, 0.2) is 5.69 Å². The van der Waals surface area contributed by atoms with E-state index in [0.717, 1.165) is 25.9 Å². The van der Waals surface area contributed by atoms with Gasteiger partial charge in [0.2, 0.25) is 0 Å². The van der Waals surface area contributed by atoms with Gasteiger partial charge in [-0.1, -0.05) is 4.49 Å². The van der Waals surface area contributed by atoms with E-state index in [0.29, 0.717) is 17.8 Å². The van der Waals surface area contributed by atoms with Crippen molar-refractivity contribution in [2.45, 2.75) is 37.8 Å². The van der Waals surface area contributed by atoms with Crippen LogP contribution in [0.2, 0.25) is 0 Å². The second-order valence-corrected chi connectivity index (χ2v) is 5.31. The van der Waals surface area contributed by atoms with E-state index in [-0.39, 0.29) is 5.91 Å². The maximum Gasteiger partial charge on any atom is 0.275 e. The second-order valence-electron chi connectivity index (χ2n) is 4.70. The van der Waals surface area contributed by atoms with Crippen molar-refractivity contribution in [1.82, 2.24) is 19.8 Å². The summed E-state index contributed by atoms with van der Waals surface area (Å²) in [4.78, 5) is 14.3. The fourth-order valence-corrected chi connectivity index (χ4v) is 3.34. The molecule has 2 unspecified atom stereocenters. The number of aromatic nitrogens is 2. The molecule has 1 amide bonds. The Balaban J connectivity index is 1.75. The number of nitrogens with one attached hydrogen (secondary N) is 1. The van der Waals surface area contributed by atoms with E-state index in [1.807, 2.05) is 4.90 Å². The summed E-state index contributed by atoms with van der Waals surface area (Å²) in [7, 11) is 0. The molecule has 2 aliphatic heterocycles. The third kappa shape index (κ3) is 2.07. The quantitative estimate of drug-likeness (QED) is 0.849. The summed E-state index contributed by atoms with van der Waals surface area (Å²) < 4.78 is 3.77. The van der Waals surface area contributed by atoms with Crippen molar-refractivity contribution in [3.05, 3.63) is 11.1 Å². The number of carbonyl (C=O) groups is 1. The molecule has 2 atom stereocenters. The minimum atomic E-state index is 0.0509. The van der Waals surface area contributed by atoms with Crippen LogP contribution in [0.25, 0.3) is 0 Å². The summed E-state index contributed by atoms with van der Waals surface area (Å²) in [6.45, 7) is 1.95. The average Bonchev–Trinajstić information content (AvgIpc) is 3.09. The first kappa shape index (κ1) is 11.1. The fraction of sp³-hybridized carbons (Fsp3) is 0.727. The number of hydrogen-bond acceptors (Lipinski definition) is 5. The largest absolute Gasteiger partial charge is 0.333 e. The maximum atomic E-state index is 12.3. The van der Waals surface area contributed by atoms with Gasteiger partial charge >= 0.3 is 0 Å². The summed E-state index contributed by atoms with van der Waals surface area (Å²) in [5, 5.41) is 9.12. The predicted molar refractivity (Wildman–Crippen MR) is 65.0 cm³/mol. The minimum Gasteiger partial charge on any atom is -0.333 e. The van der Waals surface area contributed by atoms with Crippen molar-refractivity contribution in [2.75, 3.05) is 13.1 Å². The van der Waals surface area contributed by atoms with Crippen LogP contribution in [0.3, 0.4) is 0 Å². The zero-order valence-corrected chi connectivity index (χ0v) is 10.4. The molecule has 3 heterocycles. The van der Waals surface area contributed by atoms with Gasteiger partial charge in [-0.2, -0.15) is 0 Å². The molecule has 0 aliphatic carbocycles. The zero-order valence-electron chi connectivity index (χ0n) is 9.63. The van der Waals surface area contributed by atoms with Crippen LogP contribution in [0.15, 0.2) is 5.38 Å². The molecule has 0 bridgehead atoms. The molecule has 2 saturated heterocycles. The minimum absolute atomic E-state index is 0.0509. The molecule has 6 heteroatoms. The molecule has 17 heavy (non-hydrogen) atoms. The summed E-state index contributed by atoms with van der Waals surface area (Å²) in [5.74, 6) is 0.0509. The van der Waals surface area contributed by atoms with Gasteiger partial charge in [-0.3, -0.25) is 4.79 Å². The molecule has 0 aromatic carbocycles. The molecule has 0 saturated carbocycles. The van der Waals surface area contributed by atoms with Gasteiger partial charge in [-0.25, -0.2) is 0 Å². The molecule has 2 aliphatic rings. The lowest BCUT2D eigenvalue weighted by Crippen LogP contribution is -2.46. The Morgan fingerprint density at radius 3 is 3.12 bits per heavy atom. The van der Waals surface area contributed by atoms with Crippen molar-refractivity contribution in [3.8, 4) is 0 Å². The molecule has 1 N–H and O–H groups in total. The number of carbonyl (C=O) groups excluding carboxylic acids is 1. The van der Waals surface area contributed by atoms with Crippen LogP contribution in [0, 0.1) is 0 Å². The molecule has 1 aromatic heterocycles. The summed E-state index contributed by atoms with van der Waals surface area (Å²) in [6, 6.07) is 0.833. The van der Waals surface area contributed by atoms with Gasteiger partial charge < -0.3 is 10.2 Å². The molecular weight excluding hydrogens is 236 g/mol. The number of likely N-dealkylation sites (tertiary alicyclic amines) is 1. The van der Waals surface area contributed by atoms with E-state index in [2.05, 4.69) is 14.9 Å². The summed E-state index contributed by atoms with van der Waals surface area (Å²) in [6.07, 6.45) is 4.62. The van der Waals surface area contributed by atoms with E-state index in [9.17, 15) is 4.79 Å². The van der Waals surface area contributed by atoms with Crippen LogP contribution in [0.1, 0.15) is 36.2 Å². The highest BCUT2D eigenvalue weighted by atomic mass is 32.1. The van der Waals surface area contributed by atoms with Crippen LogP contribution < -0.4 is 5.32 Å². The maximum absolute atomic E-state index is 12.3. The lowest BCUT2D eigenvalue weighted by Gasteiger charge is -2.28. The molecule has 5 nitrogen and oxygen atoms in total. The van der Waals surface area contributed by atoms with Gasteiger partial charge in [-0.15, -0.1) is 5.10 Å². The van der Waals surface area contributed by atoms with Gasteiger partial charge in [-0.05, 0) is 43.8 Å². The predicted octanol–water partition coefficient (Wildman–Crippen LogP) is 0.895. The molecule has 92 valence electrons. The van der Waals surface area contributed by atoms with Gasteiger partial charge in [0, 0.05) is 24.0 Å². The summed E-state index contributed by atoms with van der Waals surface area (Å²) in [5.41, 5.74) is 0.500. The van der Waals surface area contributed by atoms with Crippen LogP contribution in [-0.4, -0.2) is 45.6 Å². The number of hydrogen-bond donors (Lipinski definition) is 1. The van der Waals surface area contributed by atoms with Crippen LogP contribution in [0.5, 0.6) is 0 Å². The van der Waals surface area contributed by atoms with Crippen LogP contribution in [0.4, 0.5) is 0 Å². The van der Waals surface area contributed by atoms with E-state index in [1.165, 1.54) is 24.4 Å². The Morgan fingerprint density at radius 1 is 1.47 bits per heavy atom. The van der Waals surface area contributed by atoms with Crippen LogP contribution >= 0.6 is 11.5 Å². The topological polar surface area (TPSA) is 58.1 Å². The molecule has 0 radical (unpaired) electrons. The fourth-order valence-electron chi connectivity index (χ4n) is 2.91. The monoisotopic (exact) mass is 252 g/mol. The molecule has 1 aromatic rings. The lowest BCUT2D eigenvalue weighted by molar-refractivity contribution is 0.0705. The van der Waals surface area contributed by atoms with Crippen molar-refractivity contribution < 1.29 is 4.79 Å². The summed E-state index contributed by atoms with van der Waals surface area (Å²) >= 11 is 1.24. The Bertz CT molecular complexity index is 388. The molecular formula is C11H16N4OS. The lowest BCUT2D eigenvalue weighted by atomic mass is 10.0. The number of rotatable bonds is 2. The smallest absolute Gasteiger partial charge is 0.275 e. The third-order valence-corrected chi connectivity index (χ3v) is 4.21. The number of amides is 1. The normalized spacial score (nSPS) is 28.8. The van der Waals surface area contributed by atoms with E-state index in [1.54, 1.807) is 5.38 Å². The molecule has 3 rings (SSSR count). The van der Waals surface area contributed by atoms with E-state index in [4.69, 9.17) is 0 Å². The van der Waals surface area contributed by atoms with Gasteiger partial charge in [0.25, 0.3) is 5.91 Å². The first-order chi connectivity index (χ1) is 8.36. The van der Waals surface area contributed by atoms with E-state index >= 15 is 0 Å². The van der Waals surface area contributed by atoms with Crippen molar-refractivity contribution in [1.29, 1.82) is 0 Å². The van der Waals surface area contributed by atoms with Crippen molar-refractivity contribution in [3.63, 3.8) is 0 Å². The highest BCUT2D eigenvalue weighted by molar-refractivity contribution is 7.03. The van der Waals surface area contributed by atoms with Crippen LogP contribution in [-0.2, 0) is 0 Å². The zero-order chi connectivity index (χ0) is 11.7. The Kier molecular flexibility index (Phi) is 3.07. The Labute approximate surface area is 104 Å². The highest BCUT2D eigenvalue weighted by Crippen LogP contribution is 2.26. The van der Waals surface area contributed by atoms with Crippen molar-refractivity contribution in [2.24, 2.45) is 0 Å². The first-order valence-electron chi connectivity index (χ1n) is 6.17. The Morgan fingerprint density at radius 2 is 2.41 bits per heavy atom. The SMILES string of the molecule is O=C(c1csnn1)N1CCCC1C1CCCN1. The first-order valence-corrected chi connectivity index (χ1v) is 7.01. The van der Waals surface area contributed by atoms with Crippen molar-refractivity contribution >= 4 is 17.4 Å². The van der Waals surface area contributed by atoms with E-state index < -0.39 is 0 Å².